The van der Waals surface area contributed by atoms with Gasteiger partial charge in [-0.15, -0.1) is 0 Å². The quantitative estimate of drug-likeness (QED) is 0.591. The van der Waals surface area contributed by atoms with Gasteiger partial charge in [0.15, 0.2) is 6.04 Å². The standard InChI is InChI=1S/C16H24N2O4/c1-15(2)8-5-6-16(15,3)9(7-8)12(19)17-10-11(14(21)22-4)18-13(10)20/h8-11H,5-7H2,1-4H3,(H,17,19)(H,18,20). The summed E-state index contributed by atoms with van der Waals surface area (Å²) in [6.07, 6.45) is 3.08. The predicted molar refractivity (Wildman–Crippen MR) is 78.6 cm³/mol. The Kier molecular flexibility index (Phi) is 3.27. The van der Waals surface area contributed by atoms with Gasteiger partial charge in [0.25, 0.3) is 0 Å². The number of esters is 1. The monoisotopic (exact) mass is 308 g/mol. The zero-order valence-electron chi connectivity index (χ0n) is 13.6. The third kappa shape index (κ3) is 1.82. The number of carbonyl (C=O) groups excluding carboxylic acids is 3. The molecule has 3 fully saturated rings. The van der Waals surface area contributed by atoms with E-state index in [2.05, 4.69) is 36.1 Å². The van der Waals surface area contributed by atoms with Crippen LogP contribution in [0, 0.1) is 22.7 Å². The summed E-state index contributed by atoms with van der Waals surface area (Å²) in [7, 11) is 1.27. The molecular weight excluding hydrogens is 284 g/mol. The van der Waals surface area contributed by atoms with E-state index in [0.717, 1.165) is 12.8 Å². The molecule has 0 aromatic carbocycles. The Bertz CT molecular complexity index is 544. The number of fused-ring (bicyclic) bond motifs is 2. The second-order valence-electron chi connectivity index (χ2n) is 7.66. The van der Waals surface area contributed by atoms with Crippen molar-refractivity contribution in [2.45, 2.75) is 52.1 Å². The molecule has 122 valence electrons. The zero-order valence-corrected chi connectivity index (χ0v) is 13.6. The zero-order chi connectivity index (χ0) is 16.3. The first kappa shape index (κ1) is 15.3. The van der Waals surface area contributed by atoms with Crippen molar-refractivity contribution < 1.29 is 19.1 Å². The summed E-state index contributed by atoms with van der Waals surface area (Å²) in [5.41, 5.74) is 0.0986. The van der Waals surface area contributed by atoms with Crippen LogP contribution < -0.4 is 10.6 Å². The van der Waals surface area contributed by atoms with Crippen LogP contribution in [0.3, 0.4) is 0 Å². The lowest BCUT2D eigenvalue weighted by molar-refractivity contribution is -0.154. The lowest BCUT2D eigenvalue weighted by atomic mass is 9.66. The van der Waals surface area contributed by atoms with Crippen LogP contribution in [0.25, 0.3) is 0 Å². The molecule has 0 aromatic rings. The van der Waals surface area contributed by atoms with Crippen LogP contribution in [0.1, 0.15) is 40.0 Å². The van der Waals surface area contributed by atoms with Gasteiger partial charge in [0.2, 0.25) is 11.8 Å². The second-order valence-corrected chi connectivity index (χ2v) is 7.66. The van der Waals surface area contributed by atoms with Crippen LogP contribution >= 0.6 is 0 Å². The molecule has 3 rings (SSSR count). The maximum absolute atomic E-state index is 12.7. The fourth-order valence-corrected chi connectivity index (χ4v) is 4.71. The highest BCUT2D eigenvalue weighted by Gasteiger charge is 2.63. The number of methoxy groups -OCH3 is 1. The summed E-state index contributed by atoms with van der Waals surface area (Å²) in [5, 5.41) is 5.24. The molecule has 0 spiro atoms. The van der Waals surface area contributed by atoms with Crippen LogP contribution in [-0.2, 0) is 19.1 Å². The number of hydrogen-bond acceptors (Lipinski definition) is 4. The minimum absolute atomic E-state index is 0.0390. The van der Waals surface area contributed by atoms with Gasteiger partial charge in [0.1, 0.15) is 6.04 Å². The van der Waals surface area contributed by atoms with E-state index < -0.39 is 18.1 Å². The van der Waals surface area contributed by atoms with Gasteiger partial charge in [0, 0.05) is 5.92 Å². The molecule has 5 atom stereocenters. The third-order valence-corrected chi connectivity index (χ3v) is 6.78. The van der Waals surface area contributed by atoms with Gasteiger partial charge in [-0.05, 0) is 36.0 Å². The number of rotatable bonds is 3. The molecule has 3 aliphatic rings. The van der Waals surface area contributed by atoms with E-state index in [1.807, 2.05) is 0 Å². The van der Waals surface area contributed by atoms with E-state index in [4.69, 9.17) is 0 Å². The number of carbonyl (C=O) groups is 3. The van der Waals surface area contributed by atoms with Crippen molar-refractivity contribution in [3.8, 4) is 0 Å². The van der Waals surface area contributed by atoms with Crippen molar-refractivity contribution in [1.82, 2.24) is 10.6 Å². The highest BCUT2D eigenvalue weighted by molar-refractivity contribution is 6.02. The SMILES string of the molecule is COC(=O)C1NC(=O)C1NC(=O)C1CC2CCC1(C)C2(C)C. The molecule has 0 aromatic heterocycles. The predicted octanol–water partition coefficient (Wildman–Crippen LogP) is 0.605. The molecule has 6 heteroatoms. The molecule has 0 radical (unpaired) electrons. The van der Waals surface area contributed by atoms with E-state index in [-0.39, 0.29) is 28.6 Å². The largest absolute Gasteiger partial charge is 0.467 e. The molecule has 5 unspecified atom stereocenters. The van der Waals surface area contributed by atoms with Crippen molar-refractivity contribution in [1.29, 1.82) is 0 Å². The molecule has 6 nitrogen and oxygen atoms in total. The average molecular weight is 308 g/mol. The first-order valence-electron chi connectivity index (χ1n) is 7.91. The fourth-order valence-electron chi connectivity index (χ4n) is 4.71. The Hall–Kier alpha value is -1.59. The molecule has 1 heterocycles. The Morgan fingerprint density at radius 3 is 2.45 bits per heavy atom. The van der Waals surface area contributed by atoms with Crippen molar-refractivity contribution in [3.63, 3.8) is 0 Å². The summed E-state index contributed by atoms with van der Waals surface area (Å²) >= 11 is 0. The van der Waals surface area contributed by atoms with Crippen LogP contribution in [0.5, 0.6) is 0 Å². The Balaban J connectivity index is 1.71. The lowest BCUT2D eigenvalue weighted by Gasteiger charge is -2.40. The van der Waals surface area contributed by atoms with Crippen LogP contribution in [0.4, 0.5) is 0 Å². The van der Waals surface area contributed by atoms with Crippen molar-refractivity contribution in [3.05, 3.63) is 0 Å². The van der Waals surface area contributed by atoms with Gasteiger partial charge >= 0.3 is 5.97 Å². The Morgan fingerprint density at radius 1 is 1.32 bits per heavy atom. The number of amides is 2. The summed E-state index contributed by atoms with van der Waals surface area (Å²) in [4.78, 5) is 35.9. The maximum atomic E-state index is 12.7. The van der Waals surface area contributed by atoms with E-state index in [0.29, 0.717) is 5.92 Å². The second kappa shape index (κ2) is 4.70. The summed E-state index contributed by atoms with van der Waals surface area (Å²) in [6.45, 7) is 6.67. The van der Waals surface area contributed by atoms with Crippen molar-refractivity contribution >= 4 is 17.8 Å². The van der Waals surface area contributed by atoms with Crippen molar-refractivity contribution in [2.75, 3.05) is 7.11 Å². The fraction of sp³-hybridized carbons (Fsp3) is 0.812. The van der Waals surface area contributed by atoms with Gasteiger partial charge in [-0.25, -0.2) is 4.79 Å². The number of ether oxygens (including phenoxy) is 1. The molecule has 22 heavy (non-hydrogen) atoms. The average Bonchev–Trinajstić information content (AvgIpc) is 2.82. The topological polar surface area (TPSA) is 84.5 Å². The minimum Gasteiger partial charge on any atom is -0.467 e. The Labute approximate surface area is 130 Å². The molecule has 2 N–H and O–H groups in total. The van der Waals surface area contributed by atoms with Gasteiger partial charge in [-0.2, -0.15) is 0 Å². The van der Waals surface area contributed by atoms with E-state index in [9.17, 15) is 14.4 Å². The summed E-state index contributed by atoms with van der Waals surface area (Å²) in [5.74, 6) is -0.486. The third-order valence-electron chi connectivity index (χ3n) is 6.78. The first-order chi connectivity index (χ1) is 10.2. The summed E-state index contributed by atoms with van der Waals surface area (Å²) in [6, 6.07) is -1.56. The van der Waals surface area contributed by atoms with Gasteiger partial charge < -0.3 is 15.4 Å². The molecule has 1 saturated heterocycles. The smallest absolute Gasteiger partial charge is 0.331 e. The van der Waals surface area contributed by atoms with Gasteiger partial charge in [-0.3, -0.25) is 9.59 Å². The van der Waals surface area contributed by atoms with E-state index >= 15 is 0 Å². The number of hydrogen-bond donors (Lipinski definition) is 2. The highest BCUT2D eigenvalue weighted by Crippen LogP contribution is 2.68. The van der Waals surface area contributed by atoms with Crippen molar-refractivity contribution in [2.24, 2.45) is 22.7 Å². The number of β-lactam (4-membered cyclic amide) rings is 1. The summed E-state index contributed by atoms with van der Waals surface area (Å²) < 4.78 is 4.64. The van der Waals surface area contributed by atoms with Gasteiger partial charge in [0.05, 0.1) is 7.11 Å². The number of nitrogens with one attached hydrogen (secondary N) is 2. The van der Waals surface area contributed by atoms with Crippen LogP contribution in [0.15, 0.2) is 0 Å². The molecule has 2 saturated carbocycles. The van der Waals surface area contributed by atoms with E-state index in [1.54, 1.807) is 0 Å². The van der Waals surface area contributed by atoms with Gasteiger partial charge in [-0.1, -0.05) is 20.8 Å². The maximum Gasteiger partial charge on any atom is 0.331 e. The van der Waals surface area contributed by atoms with E-state index in [1.165, 1.54) is 13.5 Å². The molecule has 2 aliphatic carbocycles. The molecule has 2 amide bonds. The minimum atomic E-state index is -0.800. The lowest BCUT2D eigenvalue weighted by Crippen LogP contribution is -2.72. The first-order valence-corrected chi connectivity index (χ1v) is 7.91. The molecular formula is C16H24N2O4. The molecule has 1 aliphatic heterocycles. The normalized spacial score (nSPS) is 41.5. The molecule has 2 bridgehead atoms. The Morgan fingerprint density at radius 2 is 2.00 bits per heavy atom. The van der Waals surface area contributed by atoms with Crippen LogP contribution in [0.2, 0.25) is 0 Å². The van der Waals surface area contributed by atoms with Crippen LogP contribution in [-0.4, -0.2) is 37.0 Å². The highest BCUT2D eigenvalue weighted by atomic mass is 16.5.